The minimum absolute atomic E-state index is 0.0760. The van der Waals surface area contributed by atoms with Crippen molar-refractivity contribution < 1.29 is 5.11 Å². The monoisotopic (exact) mass is 251 g/mol. The van der Waals surface area contributed by atoms with Crippen LogP contribution in [0, 0.1) is 0 Å². The van der Waals surface area contributed by atoms with Gasteiger partial charge in [0.2, 0.25) is 0 Å². The van der Waals surface area contributed by atoms with Crippen molar-refractivity contribution in [3.05, 3.63) is 27.8 Å². The zero-order valence-electron chi connectivity index (χ0n) is 9.93. The molecule has 1 aromatic carbocycles. The van der Waals surface area contributed by atoms with Crippen LogP contribution in [0.2, 0.25) is 5.02 Å². The highest BCUT2D eigenvalue weighted by molar-refractivity contribution is 6.32. The minimum atomic E-state index is -0.0760. The zero-order valence-corrected chi connectivity index (χ0v) is 10.7. The van der Waals surface area contributed by atoms with Crippen molar-refractivity contribution in [3.8, 4) is 5.75 Å². The summed E-state index contributed by atoms with van der Waals surface area (Å²) in [4.78, 5) is 0. The molecule has 2 aliphatic rings. The van der Waals surface area contributed by atoms with Gasteiger partial charge in [-0.2, -0.15) is 0 Å². The van der Waals surface area contributed by atoms with E-state index in [1.807, 2.05) is 6.07 Å². The summed E-state index contributed by atoms with van der Waals surface area (Å²) in [6.07, 6.45) is 7.48. The molecule has 0 saturated heterocycles. The SMILES string of the molecule is NC1(Cc2c(O)c(Cl)cc3c2CCCC3)CC1. The number of halogens is 1. The van der Waals surface area contributed by atoms with Crippen molar-refractivity contribution in [1.29, 1.82) is 0 Å². The van der Waals surface area contributed by atoms with E-state index in [2.05, 4.69) is 0 Å². The largest absolute Gasteiger partial charge is 0.506 e. The first-order valence-corrected chi connectivity index (χ1v) is 6.78. The molecular formula is C14H18ClNO. The number of aromatic hydroxyl groups is 1. The van der Waals surface area contributed by atoms with Crippen LogP contribution in [0.5, 0.6) is 5.75 Å². The number of hydrogen-bond acceptors (Lipinski definition) is 2. The second kappa shape index (κ2) is 3.89. The van der Waals surface area contributed by atoms with Gasteiger partial charge < -0.3 is 10.8 Å². The summed E-state index contributed by atoms with van der Waals surface area (Å²) in [6, 6.07) is 1.94. The van der Waals surface area contributed by atoms with E-state index in [1.165, 1.54) is 24.0 Å². The molecule has 92 valence electrons. The smallest absolute Gasteiger partial charge is 0.137 e. The zero-order chi connectivity index (χ0) is 12.0. The van der Waals surface area contributed by atoms with Crippen LogP contribution in [0.25, 0.3) is 0 Å². The quantitative estimate of drug-likeness (QED) is 0.849. The number of nitrogens with two attached hydrogens (primary N) is 1. The topological polar surface area (TPSA) is 46.2 Å². The lowest BCUT2D eigenvalue weighted by Gasteiger charge is -2.23. The molecule has 0 radical (unpaired) electrons. The summed E-state index contributed by atoms with van der Waals surface area (Å²) in [6.45, 7) is 0. The van der Waals surface area contributed by atoms with Crippen molar-refractivity contribution >= 4 is 11.6 Å². The van der Waals surface area contributed by atoms with Gasteiger partial charge >= 0.3 is 0 Å². The van der Waals surface area contributed by atoms with Crippen molar-refractivity contribution in [2.24, 2.45) is 5.73 Å². The molecule has 2 nitrogen and oxygen atoms in total. The molecule has 3 heteroatoms. The molecule has 0 bridgehead atoms. The molecular weight excluding hydrogens is 234 g/mol. The summed E-state index contributed by atoms with van der Waals surface area (Å²) < 4.78 is 0. The third-order valence-electron chi connectivity index (χ3n) is 4.11. The summed E-state index contributed by atoms with van der Waals surface area (Å²) in [5.41, 5.74) is 9.75. The first-order valence-electron chi connectivity index (χ1n) is 6.40. The Kier molecular flexibility index (Phi) is 2.60. The van der Waals surface area contributed by atoms with Crippen LogP contribution >= 0.6 is 11.6 Å². The van der Waals surface area contributed by atoms with Crippen LogP contribution in [-0.2, 0) is 19.3 Å². The van der Waals surface area contributed by atoms with E-state index in [0.717, 1.165) is 37.7 Å². The highest BCUT2D eigenvalue weighted by Crippen LogP contribution is 2.43. The third-order valence-corrected chi connectivity index (χ3v) is 4.40. The van der Waals surface area contributed by atoms with E-state index in [4.69, 9.17) is 17.3 Å². The van der Waals surface area contributed by atoms with Gasteiger partial charge in [-0.1, -0.05) is 11.6 Å². The third kappa shape index (κ3) is 2.04. The van der Waals surface area contributed by atoms with Crippen LogP contribution in [0.3, 0.4) is 0 Å². The first kappa shape index (κ1) is 11.4. The number of phenolic OH excluding ortho intramolecular Hbond substituents is 1. The molecule has 0 heterocycles. The highest BCUT2D eigenvalue weighted by atomic mass is 35.5. The Morgan fingerprint density at radius 3 is 2.71 bits per heavy atom. The Morgan fingerprint density at radius 1 is 1.29 bits per heavy atom. The lowest BCUT2D eigenvalue weighted by molar-refractivity contribution is 0.460. The van der Waals surface area contributed by atoms with Crippen LogP contribution in [-0.4, -0.2) is 10.6 Å². The Bertz CT molecular complexity index is 466. The van der Waals surface area contributed by atoms with Crippen molar-refractivity contribution in [2.75, 3.05) is 0 Å². The molecule has 0 aliphatic heterocycles. The minimum Gasteiger partial charge on any atom is -0.506 e. The van der Waals surface area contributed by atoms with E-state index >= 15 is 0 Å². The van der Waals surface area contributed by atoms with E-state index in [1.54, 1.807) is 0 Å². The van der Waals surface area contributed by atoms with Gasteiger partial charge in [-0.15, -0.1) is 0 Å². The molecule has 0 unspecified atom stereocenters. The molecule has 0 spiro atoms. The molecule has 1 saturated carbocycles. The maximum atomic E-state index is 10.2. The molecule has 0 atom stereocenters. The fourth-order valence-electron chi connectivity index (χ4n) is 2.82. The molecule has 17 heavy (non-hydrogen) atoms. The number of benzene rings is 1. The lowest BCUT2D eigenvalue weighted by atomic mass is 9.85. The van der Waals surface area contributed by atoms with Gasteiger partial charge in [-0.3, -0.25) is 0 Å². The number of hydrogen-bond donors (Lipinski definition) is 2. The summed E-state index contributed by atoms with van der Waals surface area (Å²) in [7, 11) is 0. The predicted octanol–water partition coefficient (Wildman–Crippen LogP) is 2.96. The number of rotatable bonds is 2. The molecule has 0 amide bonds. The average molecular weight is 252 g/mol. The van der Waals surface area contributed by atoms with Crippen molar-refractivity contribution in [3.63, 3.8) is 0 Å². The second-order valence-corrected chi connectivity index (χ2v) is 5.98. The van der Waals surface area contributed by atoms with Crippen LogP contribution in [0.1, 0.15) is 42.4 Å². The van der Waals surface area contributed by atoms with Gasteiger partial charge in [0, 0.05) is 11.1 Å². The Hall–Kier alpha value is -0.730. The average Bonchev–Trinajstić information content (AvgIpc) is 3.03. The van der Waals surface area contributed by atoms with E-state index in [-0.39, 0.29) is 11.3 Å². The van der Waals surface area contributed by atoms with Gasteiger partial charge in [0.25, 0.3) is 0 Å². The van der Waals surface area contributed by atoms with Crippen LogP contribution in [0.4, 0.5) is 0 Å². The number of aryl methyl sites for hydroxylation is 1. The highest BCUT2D eigenvalue weighted by Gasteiger charge is 2.39. The van der Waals surface area contributed by atoms with E-state index in [0.29, 0.717) is 5.02 Å². The molecule has 2 aliphatic carbocycles. The fraction of sp³-hybridized carbons (Fsp3) is 0.571. The molecule has 3 N–H and O–H groups in total. The number of fused-ring (bicyclic) bond motifs is 1. The normalized spacial score (nSPS) is 21.1. The van der Waals surface area contributed by atoms with Gasteiger partial charge in [0.1, 0.15) is 5.75 Å². The molecule has 3 rings (SSSR count). The molecule has 1 fully saturated rings. The van der Waals surface area contributed by atoms with Crippen LogP contribution in [0.15, 0.2) is 6.07 Å². The fourth-order valence-corrected chi connectivity index (χ4v) is 3.07. The van der Waals surface area contributed by atoms with Gasteiger partial charge in [-0.25, -0.2) is 0 Å². The Morgan fingerprint density at radius 2 is 2.00 bits per heavy atom. The summed E-state index contributed by atoms with van der Waals surface area (Å²) in [5.74, 6) is 0.268. The predicted molar refractivity (Wildman–Crippen MR) is 69.6 cm³/mol. The Labute approximate surface area is 107 Å². The maximum Gasteiger partial charge on any atom is 0.137 e. The summed E-state index contributed by atoms with van der Waals surface area (Å²) in [5, 5.41) is 10.6. The van der Waals surface area contributed by atoms with Crippen molar-refractivity contribution in [1.82, 2.24) is 0 Å². The van der Waals surface area contributed by atoms with Gasteiger partial charge in [0.15, 0.2) is 0 Å². The van der Waals surface area contributed by atoms with Gasteiger partial charge in [0.05, 0.1) is 5.02 Å². The van der Waals surface area contributed by atoms with E-state index < -0.39 is 0 Å². The second-order valence-electron chi connectivity index (χ2n) is 5.57. The number of phenols is 1. The lowest BCUT2D eigenvalue weighted by Crippen LogP contribution is -2.26. The summed E-state index contributed by atoms with van der Waals surface area (Å²) >= 11 is 6.11. The Balaban J connectivity index is 2.06. The van der Waals surface area contributed by atoms with Gasteiger partial charge in [-0.05, 0) is 62.1 Å². The standard InChI is InChI=1S/C14H18ClNO/c15-12-7-9-3-1-2-4-10(9)11(13(12)17)8-14(16)5-6-14/h7,17H,1-6,8,16H2. The van der Waals surface area contributed by atoms with Crippen molar-refractivity contribution in [2.45, 2.75) is 50.5 Å². The molecule has 0 aromatic heterocycles. The van der Waals surface area contributed by atoms with Crippen LogP contribution < -0.4 is 5.73 Å². The molecule has 1 aromatic rings. The first-order chi connectivity index (χ1) is 8.09. The maximum absolute atomic E-state index is 10.2. The van der Waals surface area contributed by atoms with E-state index in [9.17, 15) is 5.11 Å².